The van der Waals surface area contributed by atoms with Crippen molar-refractivity contribution in [3.8, 4) is 67.5 Å². The van der Waals surface area contributed by atoms with E-state index in [1.807, 2.05) is 39.2 Å². The van der Waals surface area contributed by atoms with Crippen LogP contribution in [0.3, 0.4) is 0 Å². The van der Waals surface area contributed by atoms with Gasteiger partial charge in [-0.1, -0.05) is 48.5 Å². The molecular weight excluding hydrogens is 1980 g/mol. The minimum atomic E-state index is -5.43. The molecule has 816 valence electrons. The topological polar surface area (TPSA) is 440 Å². The minimum absolute atomic E-state index is 0.00976. The molecule has 6 aromatic carbocycles. The molecule has 0 bridgehead atoms. The Bertz CT molecular complexity index is 6660. The highest BCUT2D eigenvalue weighted by Crippen LogP contribution is 2.46. The Kier molecular flexibility index (Phi) is 39.4. The van der Waals surface area contributed by atoms with Crippen LogP contribution in [0, 0.1) is 23.3 Å². The van der Waals surface area contributed by atoms with Gasteiger partial charge in [-0.15, -0.1) is 0 Å². The predicted octanol–water partition coefficient (Wildman–Crippen LogP) is 17.1. The number of aliphatic hydroxyl groups is 5. The van der Waals surface area contributed by atoms with Gasteiger partial charge in [0.1, 0.15) is 64.5 Å². The van der Waals surface area contributed by atoms with Crippen molar-refractivity contribution >= 4 is 29.8 Å². The number of nitrogens with two attached hydrogens (primary N) is 2. The van der Waals surface area contributed by atoms with Gasteiger partial charge in [0.15, 0.2) is 67.5 Å². The van der Waals surface area contributed by atoms with Crippen LogP contribution < -0.4 is 68.1 Å². The van der Waals surface area contributed by atoms with Crippen LogP contribution >= 0.6 is 0 Å². The average Bonchev–Trinajstić information content (AvgIpc) is 1.04. The molecule has 4 atom stereocenters. The third-order valence-corrected chi connectivity index (χ3v) is 24.3. The first kappa shape index (κ1) is 122. The second-order valence-electron chi connectivity index (χ2n) is 41.8. The molecule has 12 N–H and O–H groups in total. The van der Waals surface area contributed by atoms with E-state index in [4.69, 9.17) is 59.6 Å². The molecule has 150 heavy (non-hydrogen) atoms. The summed E-state index contributed by atoms with van der Waals surface area (Å²) in [7, 11) is 2.60. The zero-order valence-corrected chi connectivity index (χ0v) is 87.6. The van der Waals surface area contributed by atoms with Gasteiger partial charge in [0.05, 0.1) is 72.9 Å². The molecule has 1 saturated heterocycles. The number of epoxide rings is 1. The van der Waals surface area contributed by atoms with Crippen molar-refractivity contribution in [1.82, 2.24) is 34.2 Å². The fourth-order valence-electron chi connectivity index (χ4n) is 14.9. The largest absolute Gasteiger partial charge is 0.493 e. The molecule has 0 saturated carbocycles. The van der Waals surface area contributed by atoms with Gasteiger partial charge < -0.3 is 109 Å². The van der Waals surface area contributed by atoms with E-state index in [-0.39, 0.29) is 138 Å². The maximum absolute atomic E-state index is 14.9. The van der Waals surface area contributed by atoms with Crippen LogP contribution in [-0.2, 0) is 63.5 Å². The number of aliphatic hydroxyl groups excluding tert-OH is 2. The number of aromatic nitrogens is 4. The molecule has 41 heteroatoms. The Morgan fingerprint density at radius 1 is 0.387 bits per heavy atom. The number of nitrogens with one attached hydrogen (secondary N) is 3. The number of amides is 3. The standard InChI is InChI=1S/C34H40F4N2O8.C29H32F4N2O6.C23H32FN3O4.C23H29FN2O4/c1-31(2,3)48-30(44)39-20-32(4,5)40-18-24(21-7-10-23(35)11-8-21)29(43)25(19-40)33(45,34(36,37)38)14-13-26(42)22-9-12-27(47-16-15-41)28(17-22)46-6;1-27(2,17-34)35-15-21(18-4-7-20(30)8-5-18)26(38)22(16-35)28(39,29(31,32)33)11-10-23(37)19-6-9-24(41-13-12-36)25(14-19)40-3;1-21(2,3)31-20(29)26-14-22(4,5)27-11-17(15-7-9-16(24)10-8-15)19(28)18(12-27)23(6,30)13-25;1-21(2,3)30-20(28)25-13-22(4,5)26-11-17(15-7-9-16(24)10-8-15)19(27)18(12-26)23(6)14-29-23/h7-12,17-19,41,45H,13-16,20H2,1-6H3,(H,39,44);4-9,14-16,36,39H,10-13,17,34H2,1-3H3;7-12,30H,13-14,25H2,1-6H3,(H,26,29);7-12H,13-14H2,1-6H3,(H,25,28). The summed E-state index contributed by atoms with van der Waals surface area (Å²) in [5.41, 5.74) is -6.38. The number of nitrogens with zero attached hydrogens (tertiary/aromatic N) is 4. The zero-order chi connectivity index (χ0) is 113. The maximum Gasteiger partial charge on any atom is 0.421 e. The van der Waals surface area contributed by atoms with E-state index < -0.39 is 174 Å². The van der Waals surface area contributed by atoms with Crippen LogP contribution in [-0.4, -0.2) is 183 Å². The molecule has 4 aromatic heterocycles. The highest BCUT2D eigenvalue weighted by molar-refractivity contribution is 5.97. The van der Waals surface area contributed by atoms with E-state index in [0.29, 0.717) is 28.9 Å². The first-order chi connectivity index (χ1) is 69.4. The quantitative estimate of drug-likeness (QED) is 0.00754. The van der Waals surface area contributed by atoms with Gasteiger partial charge in [0.25, 0.3) is 0 Å². The predicted molar refractivity (Wildman–Crippen MR) is 544 cm³/mol. The molecule has 11 rings (SSSR count). The lowest BCUT2D eigenvalue weighted by Gasteiger charge is -2.34. The van der Waals surface area contributed by atoms with Crippen molar-refractivity contribution in [3.63, 3.8) is 0 Å². The lowest BCUT2D eigenvalue weighted by Crippen LogP contribution is -2.48. The van der Waals surface area contributed by atoms with Crippen LogP contribution in [0.25, 0.3) is 44.5 Å². The third-order valence-electron chi connectivity index (χ3n) is 24.3. The Morgan fingerprint density at radius 3 is 0.920 bits per heavy atom. The second kappa shape index (κ2) is 48.6. The SMILES string of the molecule is CC(C)(C)OC(=O)NCC(C)(C)n1cc(-c2ccc(F)cc2)c(=O)c(C(C)(O)CN)c1.CC(C)(C)OC(=O)NCC(C)(C)n1cc(-c2ccc(F)cc2)c(=O)c(C2(C)CO2)c1.COc1cc(C(=O)CCC(O)(c2cn(C(C)(C)CN)cc(-c3ccc(F)cc3)c2=O)C(F)(F)F)ccc1OCCO.COc1cc(C(=O)CCC(O)(c2cn(C(C)(C)CNC(=O)OC(C)(C)C)cc(-c3ccc(F)cc3)c2=O)C(F)(F)F)ccc1OCCO. The van der Waals surface area contributed by atoms with E-state index in [1.54, 1.807) is 131 Å². The van der Waals surface area contributed by atoms with Crippen molar-refractivity contribution in [3.05, 3.63) is 281 Å². The van der Waals surface area contributed by atoms with Gasteiger partial charge in [0.2, 0.25) is 0 Å². The summed E-state index contributed by atoms with van der Waals surface area (Å²) in [5.74, 6) is -2.96. The number of ketones is 2. The zero-order valence-electron chi connectivity index (χ0n) is 87.6. The smallest absolute Gasteiger partial charge is 0.421 e. The van der Waals surface area contributed by atoms with Crippen LogP contribution in [0.4, 0.5) is 58.3 Å². The molecule has 31 nitrogen and oxygen atoms in total. The number of carbonyl (C=O) groups is 5. The number of benzene rings is 6. The number of alkyl halides is 6. The van der Waals surface area contributed by atoms with Crippen molar-refractivity contribution in [2.24, 2.45) is 11.5 Å². The summed E-state index contributed by atoms with van der Waals surface area (Å²) < 4.78 is 191. The Labute approximate surface area is 861 Å². The molecular formula is C109H133F10N9O22. The van der Waals surface area contributed by atoms with Gasteiger partial charge in [0, 0.05) is 134 Å². The molecule has 4 unspecified atom stereocenters. The number of rotatable bonds is 36. The van der Waals surface area contributed by atoms with E-state index in [0.717, 1.165) is 36.7 Å². The van der Waals surface area contributed by atoms with Gasteiger partial charge in [-0.3, -0.25) is 28.8 Å². The summed E-state index contributed by atoms with van der Waals surface area (Å²) in [6, 6.07) is 28.3. The van der Waals surface area contributed by atoms with E-state index in [1.165, 1.54) is 140 Å². The Hall–Kier alpha value is -13.6. The Morgan fingerprint density at radius 2 is 0.660 bits per heavy atom. The van der Waals surface area contributed by atoms with E-state index in [2.05, 4.69) is 16.0 Å². The van der Waals surface area contributed by atoms with Gasteiger partial charge in [-0.05, 0) is 252 Å². The fourth-order valence-corrected chi connectivity index (χ4v) is 14.9. The molecule has 1 aliphatic heterocycles. The lowest BCUT2D eigenvalue weighted by atomic mass is 9.85. The number of ether oxygens (including phenoxy) is 8. The summed E-state index contributed by atoms with van der Waals surface area (Å²) in [4.78, 5) is 116. The lowest BCUT2D eigenvalue weighted by molar-refractivity contribution is -0.269. The molecule has 5 heterocycles. The summed E-state index contributed by atoms with van der Waals surface area (Å²) >= 11 is 0. The van der Waals surface area contributed by atoms with Gasteiger partial charge >= 0.3 is 30.6 Å². The number of pyridine rings is 4. The van der Waals surface area contributed by atoms with E-state index >= 15 is 0 Å². The first-order valence-electron chi connectivity index (χ1n) is 47.7. The number of methoxy groups -OCH3 is 2. The van der Waals surface area contributed by atoms with Gasteiger partial charge in [-0.2, -0.15) is 26.3 Å². The summed E-state index contributed by atoms with van der Waals surface area (Å²) in [5, 5.41) is 59.3. The molecule has 0 radical (unpaired) electrons. The monoisotopic (exact) mass is 2110 g/mol. The molecule has 0 aliphatic carbocycles. The molecule has 10 aromatic rings. The van der Waals surface area contributed by atoms with Crippen LogP contribution in [0.1, 0.15) is 200 Å². The van der Waals surface area contributed by atoms with Crippen LogP contribution in [0.5, 0.6) is 23.0 Å². The number of hydrogen-bond donors (Lipinski definition) is 10. The number of Topliss-reactive ketones (excluding diaryl/α,β-unsaturated/α-hetero) is 2. The number of hydrogen-bond acceptors (Lipinski definition) is 24. The van der Waals surface area contributed by atoms with Crippen LogP contribution in [0.15, 0.2) is 202 Å². The van der Waals surface area contributed by atoms with Crippen molar-refractivity contribution in [2.45, 2.75) is 231 Å². The number of halogens is 10. The number of alkyl carbamates (subject to hydrolysis) is 3. The normalized spacial score (nSPS) is 14.7. The Balaban J connectivity index is 0.000000248. The molecule has 1 fully saturated rings. The number of carbonyl (C=O) groups excluding carboxylic acids is 5. The fraction of sp³-hybridized carbons (Fsp3) is 0.440. The van der Waals surface area contributed by atoms with Gasteiger partial charge in [-0.25, -0.2) is 31.9 Å². The average molecular weight is 2110 g/mol. The van der Waals surface area contributed by atoms with Crippen molar-refractivity contribution in [1.29, 1.82) is 0 Å². The first-order valence-corrected chi connectivity index (χ1v) is 47.7. The maximum atomic E-state index is 14.9. The third kappa shape index (κ3) is 31.8. The highest BCUT2D eigenvalue weighted by Gasteiger charge is 2.58. The highest BCUT2D eigenvalue weighted by atomic mass is 19.4. The van der Waals surface area contributed by atoms with Crippen molar-refractivity contribution < 1.29 is 131 Å². The molecule has 3 amide bonds. The van der Waals surface area contributed by atoms with Crippen LogP contribution in [0.2, 0.25) is 0 Å². The van der Waals surface area contributed by atoms with E-state index in [9.17, 15) is 102 Å². The minimum Gasteiger partial charge on any atom is -0.493 e. The second-order valence-corrected chi connectivity index (χ2v) is 41.8. The summed E-state index contributed by atoms with van der Waals surface area (Å²) in [6.07, 6.45) is -5.64. The van der Waals surface area contributed by atoms with Crippen molar-refractivity contribution in [2.75, 3.05) is 80.0 Å². The molecule has 1 aliphatic rings. The summed E-state index contributed by atoms with van der Waals surface area (Å²) in [6.45, 7) is 33.0. The molecule has 0 spiro atoms.